The maximum Gasteiger partial charge on any atom is 0.221 e. The van der Waals surface area contributed by atoms with Crippen LogP contribution >= 0.6 is 0 Å². The molecule has 6 nitrogen and oxygen atoms in total. The van der Waals surface area contributed by atoms with Gasteiger partial charge in [-0.1, -0.05) is 50.6 Å². The van der Waals surface area contributed by atoms with E-state index in [0.717, 1.165) is 40.1 Å². The van der Waals surface area contributed by atoms with Gasteiger partial charge in [-0.2, -0.15) is 0 Å². The van der Waals surface area contributed by atoms with Gasteiger partial charge in [0.05, 0.1) is 11.2 Å². The van der Waals surface area contributed by atoms with Crippen LogP contribution in [0.15, 0.2) is 42.5 Å². The van der Waals surface area contributed by atoms with Crippen molar-refractivity contribution in [3.05, 3.63) is 59.4 Å². The first-order valence-electron chi connectivity index (χ1n) is 12.3. The van der Waals surface area contributed by atoms with E-state index < -0.39 is 0 Å². The molecule has 0 spiro atoms. The first-order valence-corrected chi connectivity index (χ1v) is 12.3. The van der Waals surface area contributed by atoms with Crippen LogP contribution in [0.1, 0.15) is 62.9 Å². The van der Waals surface area contributed by atoms with Gasteiger partial charge < -0.3 is 5.32 Å². The fourth-order valence-electron chi connectivity index (χ4n) is 5.27. The Kier molecular flexibility index (Phi) is 6.09. The molecule has 0 saturated carbocycles. The van der Waals surface area contributed by atoms with Crippen molar-refractivity contribution in [1.82, 2.24) is 19.5 Å². The summed E-state index contributed by atoms with van der Waals surface area (Å²) < 4.78 is 2.04. The summed E-state index contributed by atoms with van der Waals surface area (Å²) in [5.74, 6) is 0.898. The van der Waals surface area contributed by atoms with Crippen molar-refractivity contribution in [3.63, 3.8) is 0 Å². The van der Waals surface area contributed by atoms with E-state index >= 15 is 0 Å². The standard InChI is InChI=1S/C28H33N5O/c1-18(2)26-24-16-23(22-10-8-21(9-11-22)17-32-14-6-5-7-15-32)12-13-25(24)33-19(3)30-31-28(33)27(26)29-20(4)34/h8-13,16,18H,5-7,14-15,17H2,1-4H3,(H,29,34). The molecular formula is C28H33N5O. The number of aromatic nitrogens is 3. The monoisotopic (exact) mass is 455 g/mol. The molecule has 2 aromatic heterocycles. The Hall–Kier alpha value is -3.25. The quantitative estimate of drug-likeness (QED) is 0.405. The molecule has 34 heavy (non-hydrogen) atoms. The van der Waals surface area contributed by atoms with E-state index in [1.165, 1.54) is 50.4 Å². The lowest BCUT2D eigenvalue weighted by Crippen LogP contribution is -2.28. The van der Waals surface area contributed by atoms with Gasteiger partial charge in [0.15, 0.2) is 5.65 Å². The SMILES string of the molecule is CC(=O)Nc1c(C(C)C)c2cc(-c3ccc(CN4CCCCC4)cc3)ccc2n2c(C)nnc12. The van der Waals surface area contributed by atoms with Crippen LogP contribution in [0.25, 0.3) is 27.7 Å². The zero-order valence-corrected chi connectivity index (χ0v) is 20.6. The van der Waals surface area contributed by atoms with E-state index in [-0.39, 0.29) is 11.8 Å². The minimum Gasteiger partial charge on any atom is -0.323 e. The number of aryl methyl sites for hydroxylation is 1. The number of hydrogen-bond donors (Lipinski definition) is 1. The van der Waals surface area contributed by atoms with E-state index in [2.05, 4.69) is 76.7 Å². The van der Waals surface area contributed by atoms with Gasteiger partial charge in [0, 0.05) is 18.9 Å². The summed E-state index contributed by atoms with van der Waals surface area (Å²) in [6, 6.07) is 15.5. The average molecular weight is 456 g/mol. The summed E-state index contributed by atoms with van der Waals surface area (Å²) in [6.07, 6.45) is 3.99. The second-order valence-corrected chi connectivity index (χ2v) is 9.80. The van der Waals surface area contributed by atoms with Crippen molar-refractivity contribution in [2.24, 2.45) is 0 Å². The number of pyridine rings is 1. The zero-order chi connectivity index (χ0) is 23.8. The van der Waals surface area contributed by atoms with Crippen molar-refractivity contribution in [2.75, 3.05) is 18.4 Å². The molecule has 1 saturated heterocycles. The first-order chi connectivity index (χ1) is 16.4. The lowest BCUT2D eigenvalue weighted by molar-refractivity contribution is -0.114. The summed E-state index contributed by atoms with van der Waals surface area (Å²) in [4.78, 5) is 14.6. The maximum atomic E-state index is 12.1. The van der Waals surface area contributed by atoms with E-state index in [1.54, 1.807) is 0 Å². The molecular weight excluding hydrogens is 422 g/mol. The molecule has 0 aliphatic carbocycles. The summed E-state index contributed by atoms with van der Waals surface area (Å²) in [5, 5.41) is 12.9. The predicted octanol–water partition coefficient (Wildman–Crippen LogP) is 5.93. The molecule has 3 heterocycles. The maximum absolute atomic E-state index is 12.1. The van der Waals surface area contributed by atoms with Crippen molar-refractivity contribution in [2.45, 2.75) is 59.4 Å². The van der Waals surface area contributed by atoms with Gasteiger partial charge in [0.1, 0.15) is 5.82 Å². The topological polar surface area (TPSA) is 62.5 Å². The van der Waals surface area contributed by atoms with Crippen LogP contribution in [-0.4, -0.2) is 38.5 Å². The lowest BCUT2D eigenvalue weighted by Gasteiger charge is -2.26. The first kappa shape index (κ1) is 22.5. The molecule has 1 aliphatic rings. The van der Waals surface area contributed by atoms with Crippen LogP contribution in [0.2, 0.25) is 0 Å². The zero-order valence-electron chi connectivity index (χ0n) is 20.6. The molecule has 0 bridgehead atoms. The number of likely N-dealkylation sites (tertiary alicyclic amines) is 1. The number of carbonyl (C=O) groups is 1. The van der Waals surface area contributed by atoms with E-state index in [4.69, 9.17) is 0 Å². The Morgan fingerprint density at radius 2 is 1.71 bits per heavy atom. The Labute approximate surface area is 201 Å². The van der Waals surface area contributed by atoms with E-state index in [0.29, 0.717) is 5.65 Å². The van der Waals surface area contributed by atoms with Crippen LogP contribution in [0, 0.1) is 6.92 Å². The van der Waals surface area contributed by atoms with Gasteiger partial charge in [0.25, 0.3) is 0 Å². The molecule has 0 atom stereocenters. The number of fused-ring (bicyclic) bond motifs is 3. The van der Waals surface area contributed by atoms with Crippen molar-refractivity contribution in [1.29, 1.82) is 0 Å². The minimum atomic E-state index is -0.107. The van der Waals surface area contributed by atoms with Crippen LogP contribution < -0.4 is 5.32 Å². The molecule has 1 N–H and O–H groups in total. The molecule has 6 heteroatoms. The molecule has 1 fully saturated rings. The second kappa shape index (κ2) is 9.18. The number of anilines is 1. The summed E-state index contributed by atoms with van der Waals surface area (Å²) in [7, 11) is 0. The normalized spacial score (nSPS) is 14.9. The number of piperidine rings is 1. The van der Waals surface area contributed by atoms with Gasteiger partial charge in [-0.05, 0) is 73.2 Å². The molecule has 4 aromatic rings. The van der Waals surface area contributed by atoms with Gasteiger partial charge >= 0.3 is 0 Å². The summed E-state index contributed by atoms with van der Waals surface area (Å²) >= 11 is 0. The van der Waals surface area contributed by atoms with Crippen molar-refractivity contribution >= 4 is 28.1 Å². The number of hydrogen-bond acceptors (Lipinski definition) is 4. The molecule has 0 radical (unpaired) electrons. The number of benzene rings is 2. The Bertz CT molecular complexity index is 1350. The van der Waals surface area contributed by atoms with Gasteiger partial charge in [-0.25, -0.2) is 0 Å². The third-order valence-corrected chi connectivity index (χ3v) is 6.87. The third kappa shape index (κ3) is 4.18. The second-order valence-electron chi connectivity index (χ2n) is 9.80. The highest BCUT2D eigenvalue weighted by Gasteiger charge is 2.21. The molecule has 5 rings (SSSR count). The Balaban J connectivity index is 1.59. The average Bonchev–Trinajstić information content (AvgIpc) is 3.21. The van der Waals surface area contributed by atoms with E-state index in [9.17, 15) is 4.79 Å². The fraction of sp³-hybridized carbons (Fsp3) is 0.393. The van der Waals surface area contributed by atoms with Crippen molar-refractivity contribution < 1.29 is 4.79 Å². The van der Waals surface area contributed by atoms with E-state index in [1.807, 2.05) is 11.3 Å². The number of nitrogens with zero attached hydrogens (tertiary/aromatic N) is 4. The van der Waals surface area contributed by atoms with Gasteiger partial charge in [-0.3, -0.25) is 14.1 Å². The highest BCUT2D eigenvalue weighted by molar-refractivity contribution is 6.02. The fourth-order valence-corrected chi connectivity index (χ4v) is 5.27. The molecule has 1 aliphatic heterocycles. The van der Waals surface area contributed by atoms with Crippen LogP contribution in [0.4, 0.5) is 5.69 Å². The number of carbonyl (C=O) groups excluding carboxylic acids is 1. The molecule has 176 valence electrons. The van der Waals surface area contributed by atoms with Gasteiger partial charge in [-0.15, -0.1) is 10.2 Å². The molecule has 2 aromatic carbocycles. The smallest absolute Gasteiger partial charge is 0.221 e. The van der Waals surface area contributed by atoms with Gasteiger partial charge in [0.2, 0.25) is 5.91 Å². The molecule has 1 amide bonds. The summed E-state index contributed by atoms with van der Waals surface area (Å²) in [5.41, 5.74) is 7.32. The summed E-state index contributed by atoms with van der Waals surface area (Å²) in [6.45, 7) is 11.2. The van der Waals surface area contributed by atoms with Crippen molar-refractivity contribution in [3.8, 4) is 11.1 Å². The number of amides is 1. The third-order valence-electron chi connectivity index (χ3n) is 6.87. The van der Waals surface area contributed by atoms with Crippen LogP contribution in [-0.2, 0) is 11.3 Å². The number of rotatable bonds is 5. The minimum absolute atomic E-state index is 0.107. The highest BCUT2D eigenvalue weighted by atomic mass is 16.1. The highest BCUT2D eigenvalue weighted by Crippen LogP contribution is 2.38. The lowest BCUT2D eigenvalue weighted by atomic mass is 9.93. The van der Waals surface area contributed by atoms with Crippen LogP contribution in [0.3, 0.4) is 0 Å². The van der Waals surface area contributed by atoms with Crippen LogP contribution in [0.5, 0.6) is 0 Å². The number of nitrogens with one attached hydrogen (secondary N) is 1. The molecule has 0 unspecified atom stereocenters. The Morgan fingerprint density at radius 3 is 2.38 bits per heavy atom. The Morgan fingerprint density at radius 1 is 1.00 bits per heavy atom. The largest absolute Gasteiger partial charge is 0.323 e. The predicted molar refractivity (Wildman–Crippen MR) is 138 cm³/mol.